The second kappa shape index (κ2) is 75.5. The average Bonchev–Trinajstić information content (AvgIpc) is 0.907. The largest absolute Gasteiger partial charge is 0.472 e. The van der Waals surface area contributed by atoms with E-state index in [1.54, 1.807) is 0 Å². The number of unbranched alkanes of at least 4 members (excludes halogenated alkanes) is 52. The minimum atomic E-state index is -4.96. The number of phosphoric acid groups is 2. The summed E-state index contributed by atoms with van der Waals surface area (Å²) in [5.41, 5.74) is 0. The molecule has 0 aliphatic heterocycles. The van der Waals surface area contributed by atoms with Crippen molar-refractivity contribution in [2.45, 2.75) is 464 Å². The molecule has 0 heterocycles. The van der Waals surface area contributed by atoms with Crippen LogP contribution in [0.25, 0.3) is 0 Å². The molecule has 0 aliphatic carbocycles. The Kier molecular flexibility index (Phi) is 74.1. The number of aliphatic hydroxyl groups is 1. The van der Waals surface area contributed by atoms with Gasteiger partial charge in [0, 0.05) is 25.7 Å². The van der Waals surface area contributed by atoms with Crippen LogP contribution in [0.3, 0.4) is 0 Å². The molecule has 0 spiro atoms. The van der Waals surface area contributed by atoms with Gasteiger partial charge in [-0.2, -0.15) is 0 Å². The van der Waals surface area contributed by atoms with Gasteiger partial charge in [0.25, 0.3) is 0 Å². The van der Waals surface area contributed by atoms with Crippen LogP contribution in [0.5, 0.6) is 0 Å². The van der Waals surface area contributed by atoms with Crippen molar-refractivity contribution in [3.63, 3.8) is 0 Å². The number of hydrogen-bond donors (Lipinski definition) is 3. The zero-order valence-corrected chi connectivity index (χ0v) is 69.4. The Labute approximate surface area is 632 Å². The van der Waals surface area contributed by atoms with Gasteiger partial charge in [0.2, 0.25) is 0 Å². The van der Waals surface area contributed by atoms with E-state index in [9.17, 15) is 43.2 Å². The molecule has 0 aromatic heterocycles. The number of carbonyl (C=O) groups is 4. The summed E-state index contributed by atoms with van der Waals surface area (Å²) in [7, 11) is -9.92. The van der Waals surface area contributed by atoms with E-state index in [1.807, 2.05) is 0 Å². The molecule has 103 heavy (non-hydrogen) atoms. The molecular weight excluding hydrogens is 1340 g/mol. The van der Waals surface area contributed by atoms with E-state index >= 15 is 0 Å². The molecule has 0 fully saturated rings. The highest BCUT2D eigenvalue weighted by Crippen LogP contribution is 2.45. The first-order valence-corrected chi connectivity index (χ1v) is 46.5. The second-order valence-electron chi connectivity index (χ2n) is 30.9. The van der Waals surface area contributed by atoms with E-state index in [-0.39, 0.29) is 25.7 Å². The van der Waals surface area contributed by atoms with E-state index in [4.69, 9.17) is 37.0 Å². The van der Waals surface area contributed by atoms with Gasteiger partial charge in [-0.25, -0.2) is 9.13 Å². The lowest BCUT2D eigenvalue weighted by Crippen LogP contribution is -2.30. The summed E-state index contributed by atoms with van der Waals surface area (Å²) in [6.45, 7) is 9.66. The molecule has 0 saturated carbocycles. The molecule has 19 heteroatoms. The highest BCUT2D eigenvalue weighted by molar-refractivity contribution is 7.47. The van der Waals surface area contributed by atoms with Gasteiger partial charge in [-0.1, -0.05) is 395 Å². The first-order valence-electron chi connectivity index (χ1n) is 43.5. The van der Waals surface area contributed by atoms with Gasteiger partial charge in [0.1, 0.15) is 19.3 Å². The molecule has 0 rings (SSSR count). The molecule has 0 radical (unpaired) electrons. The molecule has 612 valence electrons. The van der Waals surface area contributed by atoms with Gasteiger partial charge < -0.3 is 33.8 Å². The van der Waals surface area contributed by atoms with Crippen molar-refractivity contribution in [1.82, 2.24) is 0 Å². The normalized spacial score (nSPS) is 14.1. The van der Waals surface area contributed by atoms with Crippen LogP contribution in [0.2, 0.25) is 0 Å². The van der Waals surface area contributed by atoms with Crippen molar-refractivity contribution in [3.05, 3.63) is 0 Å². The predicted octanol–water partition coefficient (Wildman–Crippen LogP) is 25.5. The number of carbonyl (C=O) groups excluding carboxylic acids is 4. The number of aliphatic hydroxyl groups excluding tert-OH is 1. The van der Waals surface area contributed by atoms with Gasteiger partial charge in [0.05, 0.1) is 26.4 Å². The predicted molar refractivity (Wildman–Crippen MR) is 423 cm³/mol. The average molecular weight is 1510 g/mol. The summed E-state index contributed by atoms with van der Waals surface area (Å²) in [6, 6.07) is 0. The fraction of sp³-hybridized carbons (Fsp3) is 0.952. The van der Waals surface area contributed by atoms with Crippen LogP contribution in [0.1, 0.15) is 446 Å². The SMILES string of the molecule is CCCCCCCCCCCCCCCCCCCCCC(=O)O[C@H](COC(=O)CCCCCCCCCCCCCCCCC(C)CC)COP(=O)(O)OC[C@@H](O)COP(=O)(O)OC[C@@H](COC(=O)CCCCCCCCCC(C)C)OC(=O)CCCCCCCCCCCCCCCCCC. The Balaban J connectivity index is 5.24. The third-order valence-corrected chi connectivity index (χ3v) is 22.0. The quantitative estimate of drug-likeness (QED) is 0.0222. The van der Waals surface area contributed by atoms with Crippen LogP contribution >= 0.6 is 15.6 Å². The van der Waals surface area contributed by atoms with Gasteiger partial charge in [-0.05, 0) is 37.5 Å². The second-order valence-corrected chi connectivity index (χ2v) is 33.8. The third kappa shape index (κ3) is 76.6. The standard InChI is InChI=1S/C84H164O17P2/c1-7-10-12-14-16-18-20-22-24-26-27-28-30-36-40-44-50-57-63-68-83(88)100-79(72-94-81(86)66-60-54-48-42-38-34-32-31-33-37-41-47-53-59-65-77(6)9-3)74-98-102(90,91)96-70-78(85)71-97-103(92,93)99-75-80(73-95-82(87)67-61-55-51-45-46-52-58-64-76(4)5)101-84(89)69-62-56-49-43-39-35-29-25-23-21-19-17-15-13-11-8-2/h76-80,85H,7-75H2,1-6H3,(H,90,91)(H,92,93)/t77?,78-,79-,80-/m1/s1. The van der Waals surface area contributed by atoms with Gasteiger partial charge in [0.15, 0.2) is 12.2 Å². The minimum absolute atomic E-state index is 0.108. The zero-order chi connectivity index (χ0) is 75.6. The summed E-state index contributed by atoms with van der Waals surface area (Å²) in [4.78, 5) is 73.1. The van der Waals surface area contributed by atoms with Gasteiger partial charge in [-0.3, -0.25) is 37.3 Å². The Bertz CT molecular complexity index is 1980. The van der Waals surface area contributed by atoms with Crippen molar-refractivity contribution < 1.29 is 80.2 Å². The van der Waals surface area contributed by atoms with Crippen molar-refractivity contribution in [2.75, 3.05) is 39.6 Å². The van der Waals surface area contributed by atoms with Crippen molar-refractivity contribution in [1.29, 1.82) is 0 Å². The van der Waals surface area contributed by atoms with Crippen LogP contribution in [0, 0.1) is 11.8 Å². The zero-order valence-electron chi connectivity index (χ0n) is 67.6. The van der Waals surface area contributed by atoms with E-state index in [2.05, 4.69) is 41.5 Å². The van der Waals surface area contributed by atoms with Gasteiger partial charge >= 0.3 is 39.5 Å². The highest BCUT2D eigenvalue weighted by atomic mass is 31.2. The summed E-state index contributed by atoms with van der Waals surface area (Å²) in [5.74, 6) is -0.549. The van der Waals surface area contributed by atoms with Crippen molar-refractivity contribution in [3.8, 4) is 0 Å². The van der Waals surface area contributed by atoms with Gasteiger partial charge in [-0.15, -0.1) is 0 Å². The summed E-state index contributed by atoms with van der Waals surface area (Å²) in [6.07, 6.45) is 66.6. The lowest BCUT2D eigenvalue weighted by atomic mass is 9.99. The maximum atomic E-state index is 13.1. The molecule has 0 aromatic carbocycles. The third-order valence-electron chi connectivity index (χ3n) is 20.1. The molecule has 3 N–H and O–H groups in total. The molecule has 0 saturated heterocycles. The Hall–Kier alpha value is -1.94. The molecule has 3 unspecified atom stereocenters. The van der Waals surface area contributed by atoms with Crippen LogP contribution in [0.15, 0.2) is 0 Å². The molecule has 6 atom stereocenters. The number of hydrogen-bond acceptors (Lipinski definition) is 15. The number of rotatable bonds is 83. The fourth-order valence-corrected chi connectivity index (χ4v) is 14.6. The number of ether oxygens (including phenoxy) is 4. The Morgan fingerprint density at radius 1 is 0.282 bits per heavy atom. The first kappa shape index (κ1) is 101. The van der Waals surface area contributed by atoms with E-state index in [1.165, 1.54) is 257 Å². The molecule has 0 aliphatic rings. The smallest absolute Gasteiger partial charge is 0.462 e. The Morgan fingerprint density at radius 3 is 0.738 bits per heavy atom. The highest BCUT2D eigenvalue weighted by Gasteiger charge is 2.30. The van der Waals surface area contributed by atoms with Crippen LogP contribution in [-0.2, 0) is 65.4 Å². The maximum Gasteiger partial charge on any atom is 0.472 e. The number of phosphoric ester groups is 2. The van der Waals surface area contributed by atoms with Crippen molar-refractivity contribution >= 4 is 39.5 Å². The minimum Gasteiger partial charge on any atom is -0.462 e. The molecule has 17 nitrogen and oxygen atoms in total. The monoisotopic (exact) mass is 1510 g/mol. The first-order chi connectivity index (χ1) is 49.9. The summed E-state index contributed by atoms with van der Waals surface area (Å²) in [5, 5.41) is 10.7. The fourth-order valence-electron chi connectivity index (χ4n) is 13.0. The summed E-state index contributed by atoms with van der Waals surface area (Å²) < 4.78 is 68.8. The lowest BCUT2D eigenvalue weighted by molar-refractivity contribution is -0.161. The van der Waals surface area contributed by atoms with Crippen molar-refractivity contribution in [2.24, 2.45) is 11.8 Å². The van der Waals surface area contributed by atoms with Crippen LogP contribution in [-0.4, -0.2) is 96.7 Å². The van der Waals surface area contributed by atoms with E-state index in [0.29, 0.717) is 31.6 Å². The number of esters is 4. The Morgan fingerprint density at radius 2 is 0.495 bits per heavy atom. The maximum absolute atomic E-state index is 13.1. The molecule has 0 aromatic rings. The van der Waals surface area contributed by atoms with Crippen LogP contribution < -0.4 is 0 Å². The molecule has 0 amide bonds. The van der Waals surface area contributed by atoms with E-state index in [0.717, 1.165) is 102 Å². The van der Waals surface area contributed by atoms with E-state index < -0.39 is 97.5 Å². The van der Waals surface area contributed by atoms with Crippen LogP contribution in [0.4, 0.5) is 0 Å². The molecular formula is C84H164O17P2. The summed E-state index contributed by atoms with van der Waals surface area (Å²) >= 11 is 0. The topological polar surface area (TPSA) is 237 Å². The lowest BCUT2D eigenvalue weighted by Gasteiger charge is -2.21. The molecule has 0 bridgehead atoms.